The number of hydrogen-bond acceptors (Lipinski definition) is 1. The molecule has 0 aromatic heterocycles. The van der Waals surface area contributed by atoms with Crippen LogP contribution < -0.4 is 5.32 Å². The Morgan fingerprint density at radius 3 is 2.31 bits per heavy atom. The summed E-state index contributed by atoms with van der Waals surface area (Å²) < 4.78 is 34.9. The number of rotatable bonds is 4. The third kappa shape index (κ3) is 6.62. The molecule has 2 nitrogen and oxygen atoms in total. The fourth-order valence-electron chi connectivity index (χ4n) is 0.812. The molecule has 78 valence electrons. The van der Waals surface area contributed by atoms with Gasteiger partial charge in [-0.1, -0.05) is 19.1 Å². The van der Waals surface area contributed by atoms with E-state index in [4.69, 9.17) is 0 Å². The zero-order valence-electron chi connectivity index (χ0n) is 7.74. The van der Waals surface area contributed by atoms with Gasteiger partial charge in [-0.3, -0.25) is 4.79 Å². The summed E-state index contributed by atoms with van der Waals surface area (Å²) in [6, 6.07) is 0.956. The third-order valence-electron chi connectivity index (χ3n) is 1.50. The minimum atomic E-state index is -4.74. The Balaban J connectivity index is 3.49. The van der Waals surface area contributed by atoms with Gasteiger partial charge in [-0.25, -0.2) is 0 Å². The number of carbonyl (C=O) groups excluding carboxylic acids is 1. The fraction of sp³-hybridized carbons (Fsp3) is 0.857. The van der Waals surface area contributed by atoms with Gasteiger partial charge in [-0.2, -0.15) is 13.2 Å². The quantitative estimate of drug-likeness (QED) is 0.557. The zero-order valence-corrected chi connectivity index (χ0v) is 8.90. The maximum absolute atomic E-state index is 11.6. The van der Waals surface area contributed by atoms with E-state index in [1.807, 2.05) is 5.32 Å². The van der Waals surface area contributed by atoms with E-state index in [-0.39, 0.29) is 6.54 Å². The summed E-state index contributed by atoms with van der Waals surface area (Å²) in [6.45, 7) is 4.36. The van der Waals surface area contributed by atoms with Crippen molar-refractivity contribution in [3.63, 3.8) is 0 Å². The molecule has 0 unspecified atom stereocenters. The Morgan fingerprint density at radius 2 is 1.92 bits per heavy atom. The van der Waals surface area contributed by atoms with Crippen LogP contribution in [0.5, 0.6) is 0 Å². The number of halogens is 3. The first-order chi connectivity index (χ1) is 5.84. The second-order valence-electron chi connectivity index (χ2n) is 3.29. The molecule has 0 radical (unpaired) electrons. The second-order valence-corrected chi connectivity index (χ2v) is 6.65. The molecule has 0 atom stereocenters. The minimum absolute atomic E-state index is 0.128. The predicted octanol–water partition coefficient (Wildman–Crippen LogP) is 1.54. The van der Waals surface area contributed by atoms with Crippen LogP contribution in [0.3, 0.4) is 0 Å². The van der Waals surface area contributed by atoms with Crippen molar-refractivity contribution in [3.05, 3.63) is 0 Å². The van der Waals surface area contributed by atoms with Crippen molar-refractivity contribution in [2.24, 2.45) is 0 Å². The number of alkyl halides is 3. The van der Waals surface area contributed by atoms with Crippen LogP contribution in [0.4, 0.5) is 13.2 Å². The molecule has 0 heterocycles. The Morgan fingerprint density at radius 1 is 1.38 bits per heavy atom. The molecular weight excluding hydrogens is 199 g/mol. The van der Waals surface area contributed by atoms with E-state index in [1.54, 1.807) is 0 Å². The minimum Gasteiger partial charge on any atom is -0.348 e. The molecule has 0 aromatic carbocycles. The monoisotopic (exact) mass is 213 g/mol. The molecule has 0 rings (SSSR count). The Labute approximate surface area is 77.1 Å². The van der Waals surface area contributed by atoms with Crippen LogP contribution in [0, 0.1) is 0 Å². The molecule has 0 bridgehead atoms. The van der Waals surface area contributed by atoms with Crippen molar-refractivity contribution in [1.29, 1.82) is 0 Å². The Hall–Kier alpha value is -0.523. The Bertz CT molecular complexity index is 170. The first kappa shape index (κ1) is 12.5. The van der Waals surface area contributed by atoms with Crippen molar-refractivity contribution in [1.82, 2.24) is 5.32 Å². The average molecular weight is 213 g/mol. The standard InChI is InChI=1S/C7H14F3NOSi/c1-13(2)5-3-4-11-6(12)7(8,9)10/h13H,3-5H2,1-2H3,(H,11,12). The van der Waals surface area contributed by atoms with Crippen molar-refractivity contribution in [2.45, 2.75) is 31.7 Å². The molecule has 0 spiro atoms. The number of hydrogen-bond donors (Lipinski definition) is 1. The number of amides is 1. The summed E-state index contributed by atoms with van der Waals surface area (Å²) in [7, 11) is -0.708. The topological polar surface area (TPSA) is 29.1 Å². The van der Waals surface area contributed by atoms with E-state index in [9.17, 15) is 18.0 Å². The van der Waals surface area contributed by atoms with Crippen LogP contribution >= 0.6 is 0 Å². The normalized spacial score (nSPS) is 11.8. The van der Waals surface area contributed by atoms with Crippen LogP contribution in [0.15, 0.2) is 0 Å². The molecule has 13 heavy (non-hydrogen) atoms. The fourth-order valence-corrected chi connectivity index (χ4v) is 1.83. The molecule has 0 aromatic rings. The van der Waals surface area contributed by atoms with Crippen molar-refractivity contribution in [2.75, 3.05) is 6.54 Å². The summed E-state index contributed by atoms with van der Waals surface area (Å²) in [5.74, 6) is -1.84. The molecule has 0 aliphatic carbocycles. The number of nitrogens with one attached hydrogen (secondary N) is 1. The summed E-state index contributed by atoms with van der Waals surface area (Å²) in [6.07, 6.45) is -4.10. The molecule has 0 saturated carbocycles. The van der Waals surface area contributed by atoms with Crippen molar-refractivity contribution >= 4 is 14.7 Å². The lowest BCUT2D eigenvalue weighted by Crippen LogP contribution is -2.37. The van der Waals surface area contributed by atoms with Gasteiger partial charge in [0.1, 0.15) is 0 Å². The van der Waals surface area contributed by atoms with Gasteiger partial charge in [0.15, 0.2) is 0 Å². The van der Waals surface area contributed by atoms with Gasteiger partial charge in [0.2, 0.25) is 0 Å². The van der Waals surface area contributed by atoms with Crippen LogP contribution in [0.25, 0.3) is 0 Å². The van der Waals surface area contributed by atoms with Crippen molar-refractivity contribution < 1.29 is 18.0 Å². The molecule has 0 aliphatic heterocycles. The van der Waals surface area contributed by atoms with Gasteiger partial charge in [-0.15, -0.1) is 0 Å². The van der Waals surface area contributed by atoms with E-state index < -0.39 is 20.9 Å². The highest BCUT2D eigenvalue weighted by Crippen LogP contribution is 2.13. The van der Waals surface area contributed by atoms with E-state index in [1.165, 1.54) is 0 Å². The third-order valence-corrected chi connectivity index (χ3v) is 3.06. The average Bonchev–Trinajstić information content (AvgIpc) is 1.95. The van der Waals surface area contributed by atoms with E-state index >= 15 is 0 Å². The molecule has 0 fully saturated rings. The first-order valence-electron chi connectivity index (χ1n) is 4.19. The molecule has 1 amide bonds. The maximum Gasteiger partial charge on any atom is 0.471 e. The molecule has 0 saturated heterocycles. The lowest BCUT2D eigenvalue weighted by Gasteiger charge is -2.07. The summed E-state index contributed by atoms with van der Waals surface area (Å²) >= 11 is 0. The van der Waals surface area contributed by atoms with Crippen LogP contribution in [-0.4, -0.2) is 27.4 Å². The van der Waals surface area contributed by atoms with Gasteiger partial charge in [0, 0.05) is 15.3 Å². The van der Waals surface area contributed by atoms with E-state index in [2.05, 4.69) is 13.1 Å². The van der Waals surface area contributed by atoms with Gasteiger partial charge in [0.05, 0.1) is 0 Å². The highest BCUT2D eigenvalue weighted by atomic mass is 28.3. The van der Waals surface area contributed by atoms with Gasteiger partial charge >= 0.3 is 12.1 Å². The lowest BCUT2D eigenvalue weighted by molar-refractivity contribution is -0.173. The van der Waals surface area contributed by atoms with Crippen molar-refractivity contribution in [3.8, 4) is 0 Å². The molecule has 1 N–H and O–H groups in total. The van der Waals surface area contributed by atoms with Gasteiger partial charge in [-0.05, 0) is 6.42 Å². The highest BCUT2D eigenvalue weighted by Gasteiger charge is 2.38. The molecule has 6 heteroatoms. The number of carbonyl (C=O) groups is 1. The predicted molar refractivity (Wildman–Crippen MR) is 47.4 cm³/mol. The van der Waals surface area contributed by atoms with E-state index in [0.717, 1.165) is 6.04 Å². The highest BCUT2D eigenvalue weighted by molar-refractivity contribution is 6.55. The Kier molecular flexibility index (Phi) is 5.05. The van der Waals surface area contributed by atoms with Gasteiger partial charge < -0.3 is 5.32 Å². The van der Waals surface area contributed by atoms with Crippen LogP contribution in [0.1, 0.15) is 6.42 Å². The SMILES string of the molecule is C[SiH](C)CCCNC(=O)C(F)(F)F. The van der Waals surface area contributed by atoms with E-state index in [0.29, 0.717) is 6.42 Å². The summed E-state index contributed by atoms with van der Waals surface area (Å²) in [5, 5.41) is 1.84. The molecular formula is C7H14F3NOSi. The smallest absolute Gasteiger partial charge is 0.348 e. The summed E-state index contributed by atoms with van der Waals surface area (Å²) in [4.78, 5) is 10.3. The second kappa shape index (κ2) is 5.26. The largest absolute Gasteiger partial charge is 0.471 e. The first-order valence-corrected chi connectivity index (χ1v) is 7.31. The van der Waals surface area contributed by atoms with Crippen LogP contribution in [-0.2, 0) is 4.79 Å². The summed E-state index contributed by atoms with van der Waals surface area (Å²) in [5.41, 5.74) is 0. The lowest BCUT2D eigenvalue weighted by atomic mass is 10.4. The van der Waals surface area contributed by atoms with Gasteiger partial charge in [0.25, 0.3) is 0 Å². The molecule has 0 aliphatic rings. The van der Waals surface area contributed by atoms with Crippen LogP contribution in [0.2, 0.25) is 19.1 Å². The zero-order chi connectivity index (χ0) is 10.5. The maximum atomic E-state index is 11.6.